The van der Waals surface area contributed by atoms with E-state index >= 15 is 0 Å². The molecule has 1 atom stereocenters. The van der Waals surface area contributed by atoms with E-state index in [1.807, 2.05) is 0 Å². The molecule has 2 heterocycles. The molecule has 0 amide bonds. The summed E-state index contributed by atoms with van der Waals surface area (Å²) in [5.41, 5.74) is 0.568. The quantitative estimate of drug-likeness (QED) is 0.556. The lowest BCUT2D eigenvalue weighted by Gasteiger charge is -2.31. The van der Waals surface area contributed by atoms with E-state index in [0.29, 0.717) is 29.0 Å². The van der Waals surface area contributed by atoms with Gasteiger partial charge in [0.15, 0.2) is 5.82 Å². The summed E-state index contributed by atoms with van der Waals surface area (Å²) in [6.07, 6.45) is 3.37. The van der Waals surface area contributed by atoms with Crippen molar-refractivity contribution >= 4 is 17.5 Å². The van der Waals surface area contributed by atoms with E-state index in [1.54, 1.807) is 30.3 Å². The second-order valence-electron chi connectivity index (χ2n) is 7.27. The molecule has 156 valence electrons. The number of rotatable bonds is 6. The lowest BCUT2D eigenvalue weighted by molar-refractivity contribution is 0.0834. The van der Waals surface area contributed by atoms with Gasteiger partial charge in [-0.05, 0) is 36.6 Å². The fraction of sp³-hybridized carbons (Fsp3) is 0.286. The van der Waals surface area contributed by atoms with Crippen LogP contribution in [0.3, 0.4) is 0 Å². The van der Waals surface area contributed by atoms with Crippen molar-refractivity contribution in [1.82, 2.24) is 14.5 Å². The number of benzene rings is 1. The molecule has 0 radical (unpaired) electrons. The number of aliphatic hydroxyl groups excluding tert-OH is 2. The zero-order chi connectivity index (χ0) is 21.3. The molecular formula is C21H20ClFN4O3. The predicted molar refractivity (Wildman–Crippen MR) is 111 cm³/mol. The van der Waals surface area contributed by atoms with Gasteiger partial charge in [-0.25, -0.2) is 14.4 Å². The van der Waals surface area contributed by atoms with Crippen molar-refractivity contribution in [2.45, 2.75) is 31.0 Å². The Hall–Kier alpha value is -2.81. The van der Waals surface area contributed by atoms with Gasteiger partial charge in [0.05, 0.1) is 24.9 Å². The van der Waals surface area contributed by atoms with Gasteiger partial charge >= 0.3 is 0 Å². The monoisotopic (exact) mass is 430 g/mol. The zero-order valence-corrected chi connectivity index (χ0v) is 16.6. The smallest absolute Gasteiger partial charge is 0.251 e. The summed E-state index contributed by atoms with van der Waals surface area (Å²) >= 11 is 6.02. The van der Waals surface area contributed by atoms with Gasteiger partial charge < -0.3 is 20.1 Å². The third-order valence-corrected chi connectivity index (χ3v) is 5.39. The first-order valence-corrected chi connectivity index (χ1v) is 9.88. The summed E-state index contributed by atoms with van der Waals surface area (Å²) in [5, 5.41) is 22.8. The lowest BCUT2D eigenvalue weighted by Crippen LogP contribution is -2.39. The first kappa shape index (κ1) is 20.5. The number of aromatic nitrogens is 3. The lowest BCUT2D eigenvalue weighted by atomic mass is 9.90. The van der Waals surface area contributed by atoms with Crippen LogP contribution in [-0.4, -0.2) is 43.5 Å². The number of nitrogens with one attached hydrogen (secondary N) is 1. The number of hydrogen-bond donors (Lipinski definition) is 3. The van der Waals surface area contributed by atoms with E-state index < -0.39 is 17.4 Å². The molecule has 0 aliphatic heterocycles. The van der Waals surface area contributed by atoms with E-state index in [1.165, 1.54) is 16.8 Å². The molecular weight excluding hydrogens is 411 g/mol. The van der Waals surface area contributed by atoms with Gasteiger partial charge in [0, 0.05) is 28.9 Å². The molecule has 1 aliphatic rings. The van der Waals surface area contributed by atoms with Gasteiger partial charge in [-0.15, -0.1) is 0 Å². The van der Waals surface area contributed by atoms with E-state index in [-0.39, 0.29) is 30.4 Å². The Bertz CT molecular complexity index is 1120. The molecule has 0 saturated heterocycles. The fourth-order valence-electron chi connectivity index (χ4n) is 3.49. The van der Waals surface area contributed by atoms with Crippen molar-refractivity contribution < 1.29 is 14.6 Å². The maximum Gasteiger partial charge on any atom is 0.251 e. The van der Waals surface area contributed by atoms with E-state index in [2.05, 4.69) is 15.3 Å². The summed E-state index contributed by atoms with van der Waals surface area (Å²) in [4.78, 5) is 20.9. The largest absolute Gasteiger partial charge is 0.394 e. The SMILES string of the molecule is O=c1cc(-c2nc(N[C@H]3C[C@@H](O)C3)ncc2F)ccn1[C@H](CO)c1cccc(Cl)c1. The normalized spacial score (nSPS) is 19.2. The first-order valence-electron chi connectivity index (χ1n) is 9.50. The maximum atomic E-state index is 14.4. The van der Waals surface area contributed by atoms with Crippen LogP contribution in [0.2, 0.25) is 5.02 Å². The third-order valence-electron chi connectivity index (χ3n) is 5.15. The number of nitrogens with zero attached hydrogens (tertiary/aromatic N) is 3. The van der Waals surface area contributed by atoms with Crippen molar-refractivity contribution in [3.63, 3.8) is 0 Å². The van der Waals surface area contributed by atoms with Gasteiger partial charge in [0.1, 0.15) is 5.69 Å². The molecule has 1 aromatic carbocycles. The minimum atomic E-state index is -0.653. The van der Waals surface area contributed by atoms with Gasteiger partial charge in [0.25, 0.3) is 5.56 Å². The highest BCUT2D eigenvalue weighted by molar-refractivity contribution is 6.30. The van der Waals surface area contributed by atoms with Crippen molar-refractivity contribution in [2.75, 3.05) is 11.9 Å². The molecule has 30 heavy (non-hydrogen) atoms. The Morgan fingerprint density at radius 1 is 1.30 bits per heavy atom. The standard InChI is InChI=1S/C21H20ClFN4O3/c22-14-3-1-2-12(6-14)18(11-28)27-5-4-13(7-19(27)30)20-17(23)10-24-21(26-20)25-15-8-16(29)9-15/h1-7,10,15-16,18,28-29H,8-9,11H2,(H,24,25,26)/t15-,16+,18-/m1/s1. The molecule has 1 aliphatic carbocycles. The molecule has 0 spiro atoms. The van der Waals surface area contributed by atoms with E-state index in [4.69, 9.17) is 11.6 Å². The van der Waals surface area contributed by atoms with E-state index in [9.17, 15) is 19.4 Å². The molecule has 2 aromatic heterocycles. The van der Waals surface area contributed by atoms with Gasteiger partial charge in [-0.3, -0.25) is 4.79 Å². The Balaban J connectivity index is 1.63. The van der Waals surface area contributed by atoms with Crippen molar-refractivity contribution in [2.24, 2.45) is 0 Å². The molecule has 4 rings (SSSR count). The topological polar surface area (TPSA) is 100 Å². The Kier molecular flexibility index (Phi) is 5.80. The molecule has 1 saturated carbocycles. The minimum Gasteiger partial charge on any atom is -0.394 e. The summed E-state index contributed by atoms with van der Waals surface area (Å²) in [7, 11) is 0. The zero-order valence-electron chi connectivity index (χ0n) is 15.9. The molecule has 0 unspecified atom stereocenters. The van der Waals surface area contributed by atoms with Crippen molar-refractivity contribution in [3.8, 4) is 11.3 Å². The molecule has 3 N–H and O–H groups in total. The number of anilines is 1. The second kappa shape index (κ2) is 8.51. The highest BCUT2D eigenvalue weighted by atomic mass is 35.5. The first-order chi connectivity index (χ1) is 14.4. The van der Waals surface area contributed by atoms with Crippen molar-refractivity contribution in [3.05, 3.63) is 75.5 Å². The molecule has 0 bridgehead atoms. The second-order valence-corrected chi connectivity index (χ2v) is 7.71. The van der Waals surface area contributed by atoms with Crippen LogP contribution in [0.25, 0.3) is 11.3 Å². The highest BCUT2D eigenvalue weighted by Crippen LogP contribution is 2.26. The van der Waals surface area contributed by atoms with Gasteiger partial charge in [0.2, 0.25) is 5.95 Å². The molecule has 9 heteroatoms. The van der Waals surface area contributed by atoms with E-state index in [0.717, 1.165) is 6.20 Å². The van der Waals surface area contributed by atoms with Crippen LogP contribution in [0.1, 0.15) is 24.4 Å². The fourth-order valence-corrected chi connectivity index (χ4v) is 3.69. The van der Waals surface area contributed by atoms with Gasteiger partial charge in [-0.1, -0.05) is 23.7 Å². The summed E-state index contributed by atoms with van der Waals surface area (Å²) in [5.74, 6) is -0.417. The van der Waals surface area contributed by atoms with Crippen LogP contribution in [0.5, 0.6) is 0 Å². The summed E-state index contributed by atoms with van der Waals surface area (Å²) in [6, 6.07) is 9.16. The van der Waals surface area contributed by atoms with Gasteiger partial charge in [-0.2, -0.15) is 0 Å². The van der Waals surface area contributed by atoms with Crippen molar-refractivity contribution in [1.29, 1.82) is 0 Å². The van der Waals surface area contributed by atoms with Crippen LogP contribution in [0.15, 0.2) is 53.6 Å². The van der Waals surface area contributed by atoms with Crippen LogP contribution < -0.4 is 10.9 Å². The van der Waals surface area contributed by atoms with Crippen LogP contribution in [0.4, 0.5) is 10.3 Å². The summed E-state index contributed by atoms with van der Waals surface area (Å²) < 4.78 is 15.7. The van der Waals surface area contributed by atoms with Crippen LogP contribution in [0, 0.1) is 5.82 Å². The molecule has 1 fully saturated rings. The number of aliphatic hydroxyl groups is 2. The van der Waals surface area contributed by atoms with Crippen LogP contribution in [-0.2, 0) is 0 Å². The molecule has 3 aromatic rings. The molecule has 7 nitrogen and oxygen atoms in total. The Labute approximate surface area is 176 Å². The number of pyridine rings is 1. The number of halogens is 2. The average molecular weight is 431 g/mol. The Morgan fingerprint density at radius 2 is 2.10 bits per heavy atom. The minimum absolute atomic E-state index is 0.0000686. The highest BCUT2D eigenvalue weighted by Gasteiger charge is 2.27. The average Bonchev–Trinajstić information content (AvgIpc) is 2.70. The third kappa shape index (κ3) is 4.21. The Morgan fingerprint density at radius 3 is 2.77 bits per heavy atom. The number of hydrogen-bond acceptors (Lipinski definition) is 6. The summed E-state index contributed by atoms with van der Waals surface area (Å²) in [6.45, 7) is -0.303. The predicted octanol–water partition coefficient (Wildman–Crippen LogP) is 2.61. The van der Waals surface area contributed by atoms with Crippen LogP contribution >= 0.6 is 11.6 Å². The maximum absolute atomic E-state index is 14.4.